The number of ketones is 1. The van der Waals surface area contributed by atoms with Gasteiger partial charge in [0.05, 0.1) is 10.6 Å². The highest BCUT2D eigenvalue weighted by molar-refractivity contribution is 6.37. The largest absolute Gasteiger partial charge is 0.288 e. The summed E-state index contributed by atoms with van der Waals surface area (Å²) in [5.74, 6) is -2.22. The molecule has 2 aromatic carbocycles. The van der Waals surface area contributed by atoms with Gasteiger partial charge in [0, 0.05) is 16.7 Å². The van der Waals surface area contributed by atoms with Crippen molar-refractivity contribution in [3.8, 4) is 0 Å². The Hall–Kier alpha value is -1.45. The van der Waals surface area contributed by atoms with Crippen molar-refractivity contribution in [2.24, 2.45) is 0 Å². The zero-order valence-electron chi connectivity index (χ0n) is 9.81. The van der Waals surface area contributed by atoms with E-state index in [0.717, 1.165) is 6.07 Å². The maximum absolute atomic E-state index is 13.6. The summed E-state index contributed by atoms with van der Waals surface area (Å²) in [7, 11) is 0. The van der Waals surface area contributed by atoms with Gasteiger partial charge in [-0.15, -0.1) is 0 Å². The molecule has 0 amide bonds. The van der Waals surface area contributed by atoms with E-state index in [-0.39, 0.29) is 21.7 Å². The molecule has 0 heterocycles. The Balaban J connectivity index is 2.53. The number of hydrogen-bond acceptors (Lipinski definition) is 1. The Morgan fingerprint density at radius 2 is 1.68 bits per heavy atom. The van der Waals surface area contributed by atoms with Crippen LogP contribution >= 0.6 is 23.2 Å². The molecule has 0 bridgehead atoms. The van der Waals surface area contributed by atoms with Gasteiger partial charge in [0.25, 0.3) is 0 Å². The summed E-state index contributed by atoms with van der Waals surface area (Å²) in [6, 6.07) is 6.13. The lowest BCUT2D eigenvalue weighted by molar-refractivity contribution is 0.103. The molecule has 0 aliphatic carbocycles. The first kappa shape index (κ1) is 14.0. The lowest BCUT2D eigenvalue weighted by atomic mass is 10.0. The number of hydrogen-bond donors (Lipinski definition) is 0. The van der Waals surface area contributed by atoms with Gasteiger partial charge < -0.3 is 0 Å². The second-order valence-corrected chi connectivity index (χ2v) is 4.88. The molecule has 19 heavy (non-hydrogen) atoms. The maximum atomic E-state index is 13.6. The summed E-state index contributed by atoms with van der Waals surface area (Å²) in [5.41, 5.74) is 0.0916. The van der Waals surface area contributed by atoms with Crippen LogP contribution < -0.4 is 0 Å². The Morgan fingerprint density at radius 1 is 1.00 bits per heavy atom. The predicted octanol–water partition coefficient (Wildman–Crippen LogP) is 4.81. The molecule has 0 spiro atoms. The zero-order valence-corrected chi connectivity index (χ0v) is 11.3. The predicted molar refractivity (Wildman–Crippen MR) is 71.0 cm³/mol. The Morgan fingerprint density at radius 3 is 2.32 bits per heavy atom. The van der Waals surface area contributed by atoms with Gasteiger partial charge >= 0.3 is 0 Å². The SMILES string of the molecule is Cc1cc(C(=O)c2ccc(Cl)cc2Cl)c(F)cc1F. The third-order valence-electron chi connectivity index (χ3n) is 2.67. The second-order valence-electron chi connectivity index (χ2n) is 4.03. The third-order valence-corrected chi connectivity index (χ3v) is 3.22. The Labute approximate surface area is 118 Å². The zero-order chi connectivity index (χ0) is 14.2. The molecule has 5 heteroatoms. The van der Waals surface area contributed by atoms with E-state index >= 15 is 0 Å². The number of benzene rings is 2. The van der Waals surface area contributed by atoms with Gasteiger partial charge in [-0.05, 0) is 36.8 Å². The van der Waals surface area contributed by atoms with Crippen LogP contribution in [-0.2, 0) is 0 Å². The standard InChI is InChI=1S/C14H8Cl2F2O/c1-7-4-10(13(18)6-12(7)17)14(19)9-3-2-8(15)5-11(9)16/h2-6H,1H3. The molecule has 98 valence electrons. The molecule has 0 saturated heterocycles. The summed E-state index contributed by atoms with van der Waals surface area (Å²) in [4.78, 5) is 12.2. The highest BCUT2D eigenvalue weighted by atomic mass is 35.5. The molecule has 1 nitrogen and oxygen atoms in total. The molecule has 0 fully saturated rings. The minimum Gasteiger partial charge on any atom is -0.288 e. The average molecular weight is 301 g/mol. The van der Waals surface area contributed by atoms with Gasteiger partial charge in [-0.1, -0.05) is 23.2 Å². The minimum atomic E-state index is -0.917. The van der Waals surface area contributed by atoms with Crippen molar-refractivity contribution in [1.82, 2.24) is 0 Å². The number of rotatable bonds is 2. The first-order valence-electron chi connectivity index (χ1n) is 5.35. The van der Waals surface area contributed by atoms with Crippen LogP contribution in [0.4, 0.5) is 8.78 Å². The molecule has 0 atom stereocenters. The minimum absolute atomic E-state index is 0.121. The first-order chi connectivity index (χ1) is 8.90. The van der Waals surface area contributed by atoms with Crippen molar-refractivity contribution in [2.45, 2.75) is 6.92 Å². The molecule has 0 aromatic heterocycles. The number of carbonyl (C=O) groups is 1. The molecule has 2 rings (SSSR count). The van der Waals surface area contributed by atoms with Crippen molar-refractivity contribution in [3.63, 3.8) is 0 Å². The van der Waals surface area contributed by atoms with E-state index in [2.05, 4.69) is 0 Å². The van der Waals surface area contributed by atoms with E-state index in [1.54, 1.807) is 0 Å². The van der Waals surface area contributed by atoms with Crippen LogP contribution in [0, 0.1) is 18.6 Å². The lowest BCUT2D eigenvalue weighted by Crippen LogP contribution is -2.06. The Kier molecular flexibility index (Phi) is 3.88. The molecule has 0 radical (unpaired) electrons. The van der Waals surface area contributed by atoms with E-state index in [1.165, 1.54) is 25.1 Å². The summed E-state index contributed by atoms with van der Waals surface area (Å²) < 4.78 is 26.8. The number of carbonyl (C=O) groups excluding carboxylic acids is 1. The van der Waals surface area contributed by atoms with Crippen LogP contribution in [0.25, 0.3) is 0 Å². The molecule has 0 aliphatic heterocycles. The van der Waals surface area contributed by atoms with Gasteiger partial charge in [-0.25, -0.2) is 8.78 Å². The number of halogens is 4. The van der Waals surface area contributed by atoms with Crippen molar-refractivity contribution in [3.05, 3.63) is 68.7 Å². The van der Waals surface area contributed by atoms with Gasteiger partial charge in [0.2, 0.25) is 0 Å². The monoisotopic (exact) mass is 300 g/mol. The van der Waals surface area contributed by atoms with Crippen molar-refractivity contribution < 1.29 is 13.6 Å². The fourth-order valence-corrected chi connectivity index (χ4v) is 2.14. The summed E-state index contributed by atoms with van der Waals surface area (Å²) in [5, 5.41) is 0.496. The van der Waals surface area contributed by atoms with E-state index in [1.807, 2.05) is 0 Å². The first-order valence-corrected chi connectivity index (χ1v) is 6.11. The lowest BCUT2D eigenvalue weighted by Gasteiger charge is -2.07. The van der Waals surface area contributed by atoms with Crippen LogP contribution in [0.2, 0.25) is 10.0 Å². The third kappa shape index (κ3) is 2.77. The highest BCUT2D eigenvalue weighted by Crippen LogP contribution is 2.25. The molecule has 0 aliphatic rings. The molecule has 0 saturated carbocycles. The maximum Gasteiger partial charge on any atom is 0.197 e. The highest BCUT2D eigenvalue weighted by Gasteiger charge is 2.18. The summed E-state index contributed by atoms with van der Waals surface area (Å²) in [6.07, 6.45) is 0. The molecule has 0 unspecified atom stereocenters. The topological polar surface area (TPSA) is 17.1 Å². The van der Waals surface area contributed by atoms with Gasteiger partial charge in [-0.3, -0.25) is 4.79 Å². The van der Waals surface area contributed by atoms with Gasteiger partial charge in [-0.2, -0.15) is 0 Å². The van der Waals surface area contributed by atoms with Crippen LogP contribution in [0.5, 0.6) is 0 Å². The molecule has 0 N–H and O–H groups in total. The van der Waals surface area contributed by atoms with E-state index in [0.29, 0.717) is 11.1 Å². The van der Waals surface area contributed by atoms with Crippen molar-refractivity contribution in [2.75, 3.05) is 0 Å². The van der Waals surface area contributed by atoms with Gasteiger partial charge in [0.1, 0.15) is 11.6 Å². The molecular weight excluding hydrogens is 293 g/mol. The normalized spacial score (nSPS) is 10.6. The van der Waals surface area contributed by atoms with Crippen LogP contribution in [-0.4, -0.2) is 5.78 Å². The van der Waals surface area contributed by atoms with E-state index in [9.17, 15) is 13.6 Å². The van der Waals surface area contributed by atoms with Crippen molar-refractivity contribution in [1.29, 1.82) is 0 Å². The molecular formula is C14H8Cl2F2O. The Bertz CT molecular complexity index is 669. The van der Waals surface area contributed by atoms with Crippen LogP contribution in [0.15, 0.2) is 30.3 Å². The van der Waals surface area contributed by atoms with Crippen LogP contribution in [0.1, 0.15) is 21.5 Å². The number of aryl methyl sites for hydroxylation is 1. The fourth-order valence-electron chi connectivity index (χ4n) is 1.65. The van der Waals surface area contributed by atoms with Gasteiger partial charge in [0.15, 0.2) is 5.78 Å². The fraction of sp³-hybridized carbons (Fsp3) is 0.0714. The second kappa shape index (κ2) is 5.27. The quantitative estimate of drug-likeness (QED) is 0.727. The smallest absolute Gasteiger partial charge is 0.197 e. The average Bonchev–Trinajstić information content (AvgIpc) is 2.33. The summed E-state index contributed by atoms with van der Waals surface area (Å²) >= 11 is 11.6. The van der Waals surface area contributed by atoms with E-state index < -0.39 is 17.4 Å². The molecule has 2 aromatic rings. The van der Waals surface area contributed by atoms with Crippen LogP contribution in [0.3, 0.4) is 0 Å². The van der Waals surface area contributed by atoms with Crippen molar-refractivity contribution >= 4 is 29.0 Å². The van der Waals surface area contributed by atoms with E-state index in [4.69, 9.17) is 23.2 Å². The summed E-state index contributed by atoms with van der Waals surface area (Å²) in [6.45, 7) is 1.45.